The maximum Gasteiger partial charge on any atom is 0.227 e. The third-order valence-electron chi connectivity index (χ3n) is 6.55. The maximum absolute atomic E-state index is 13.0. The molecule has 1 atom stereocenters. The van der Waals surface area contributed by atoms with Gasteiger partial charge in [0.05, 0.1) is 13.5 Å². The van der Waals surface area contributed by atoms with Crippen molar-refractivity contribution < 1.29 is 14.3 Å². The highest BCUT2D eigenvalue weighted by Crippen LogP contribution is 2.21. The van der Waals surface area contributed by atoms with E-state index in [1.165, 1.54) is 25.9 Å². The van der Waals surface area contributed by atoms with Gasteiger partial charge in [-0.1, -0.05) is 26.0 Å². The van der Waals surface area contributed by atoms with Crippen molar-refractivity contribution in [2.24, 2.45) is 5.92 Å². The molecule has 1 unspecified atom stereocenters. The minimum absolute atomic E-state index is 0.0165. The topological polar surface area (TPSA) is 53.1 Å². The molecule has 0 aliphatic carbocycles. The molecule has 0 N–H and O–H groups in total. The highest BCUT2D eigenvalue weighted by Gasteiger charge is 2.31. The number of nitrogens with zero attached hydrogens (tertiary/aromatic N) is 3. The van der Waals surface area contributed by atoms with Gasteiger partial charge < -0.3 is 19.4 Å². The summed E-state index contributed by atoms with van der Waals surface area (Å²) < 4.78 is 5.20. The Balaban J connectivity index is 1.58. The van der Waals surface area contributed by atoms with Crippen LogP contribution in [0, 0.1) is 5.92 Å². The average molecular weight is 430 g/mol. The first-order valence-electron chi connectivity index (χ1n) is 11.9. The lowest BCUT2D eigenvalue weighted by Gasteiger charge is -2.40. The molecule has 0 spiro atoms. The van der Waals surface area contributed by atoms with Crippen molar-refractivity contribution >= 4 is 11.8 Å². The summed E-state index contributed by atoms with van der Waals surface area (Å²) in [6, 6.07) is 7.81. The summed E-state index contributed by atoms with van der Waals surface area (Å²) in [5, 5.41) is 0. The first-order chi connectivity index (χ1) is 15.0. The first-order valence-corrected chi connectivity index (χ1v) is 11.9. The summed E-state index contributed by atoms with van der Waals surface area (Å²) >= 11 is 0. The lowest BCUT2D eigenvalue weighted by atomic mass is 10.0. The van der Waals surface area contributed by atoms with Gasteiger partial charge in [-0.05, 0) is 69.4 Å². The van der Waals surface area contributed by atoms with Gasteiger partial charge in [0, 0.05) is 31.6 Å². The summed E-state index contributed by atoms with van der Waals surface area (Å²) in [4.78, 5) is 32.5. The van der Waals surface area contributed by atoms with E-state index >= 15 is 0 Å². The number of rotatable bonds is 9. The molecule has 2 aliphatic heterocycles. The molecule has 2 heterocycles. The Labute approximate surface area is 187 Å². The van der Waals surface area contributed by atoms with Crippen LogP contribution >= 0.6 is 0 Å². The van der Waals surface area contributed by atoms with Crippen LogP contribution in [0.2, 0.25) is 0 Å². The maximum atomic E-state index is 13.0. The van der Waals surface area contributed by atoms with Gasteiger partial charge in [-0.25, -0.2) is 0 Å². The van der Waals surface area contributed by atoms with Crippen molar-refractivity contribution in [3.05, 3.63) is 29.8 Å². The van der Waals surface area contributed by atoms with E-state index in [1.807, 2.05) is 43.0 Å². The predicted molar refractivity (Wildman–Crippen MR) is 123 cm³/mol. The number of carbonyl (C=O) groups is 2. The Morgan fingerprint density at radius 2 is 1.81 bits per heavy atom. The molecular formula is C25H39N3O3. The number of amides is 2. The fourth-order valence-electron chi connectivity index (χ4n) is 4.74. The van der Waals surface area contributed by atoms with Gasteiger partial charge in [-0.3, -0.25) is 9.59 Å². The fourth-order valence-corrected chi connectivity index (χ4v) is 4.74. The summed E-state index contributed by atoms with van der Waals surface area (Å²) in [7, 11) is 1.64. The van der Waals surface area contributed by atoms with Gasteiger partial charge in [0.15, 0.2) is 0 Å². The molecule has 3 rings (SSSR count). The number of hydrogen-bond donors (Lipinski definition) is 0. The largest absolute Gasteiger partial charge is 0.497 e. The molecule has 2 saturated heterocycles. The molecule has 31 heavy (non-hydrogen) atoms. The van der Waals surface area contributed by atoms with Crippen molar-refractivity contribution in [1.29, 1.82) is 0 Å². The van der Waals surface area contributed by atoms with Crippen LogP contribution in [0.1, 0.15) is 51.5 Å². The van der Waals surface area contributed by atoms with E-state index in [1.54, 1.807) is 7.11 Å². The Morgan fingerprint density at radius 3 is 2.45 bits per heavy atom. The summed E-state index contributed by atoms with van der Waals surface area (Å²) in [6.45, 7) is 9.62. The summed E-state index contributed by atoms with van der Waals surface area (Å²) in [5.74, 6) is 1.14. The Morgan fingerprint density at radius 1 is 1.10 bits per heavy atom. The van der Waals surface area contributed by atoms with Crippen LogP contribution in [-0.2, 0) is 16.0 Å². The molecule has 172 valence electrons. The lowest BCUT2D eigenvalue weighted by molar-refractivity contribution is -0.141. The van der Waals surface area contributed by atoms with Crippen LogP contribution in [0.4, 0.5) is 0 Å². The zero-order chi connectivity index (χ0) is 22.2. The van der Waals surface area contributed by atoms with Gasteiger partial charge >= 0.3 is 0 Å². The number of hydrogen-bond acceptors (Lipinski definition) is 4. The van der Waals surface area contributed by atoms with Crippen LogP contribution in [0.25, 0.3) is 0 Å². The second-order valence-electron chi connectivity index (χ2n) is 9.25. The van der Waals surface area contributed by atoms with Crippen LogP contribution in [0.5, 0.6) is 5.75 Å². The number of ether oxygens (including phenoxy) is 1. The highest BCUT2D eigenvalue weighted by atomic mass is 16.5. The van der Waals surface area contributed by atoms with Gasteiger partial charge in [-0.15, -0.1) is 0 Å². The second kappa shape index (κ2) is 11.5. The number of methoxy groups -OCH3 is 1. The Bertz CT molecular complexity index is 713. The molecule has 0 saturated carbocycles. The number of carbonyl (C=O) groups excluding carboxylic acids is 2. The zero-order valence-electron chi connectivity index (χ0n) is 19.5. The third kappa shape index (κ3) is 6.70. The molecule has 1 aromatic rings. The van der Waals surface area contributed by atoms with E-state index in [0.29, 0.717) is 13.0 Å². The van der Waals surface area contributed by atoms with Gasteiger partial charge in [0.1, 0.15) is 5.75 Å². The summed E-state index contributed by atoms with van der Waals surface area (Å²) in [6.07, 6.45) is 5.92. The molecule has 6 heteroatoms. The van der Waals surface area contributed by atoms with Crippen LogP contribution in [0.3, 0.4) is 0 Å². The molecule has 0 radical (unpaired) electrons. The quantitative estimate of drug-likeness (QED) is 0.605. The SMILES string of the molecule is COc1ccc(CC(=O)N2CCCC(N(CCCN3CCCC3)C(=O)C(C)C)C2)cc1. The third-order valence-corrected chi connectivity index (χ3v) is 6.55. The van der Waals surface area contributed by atoms with Crippen molar-refractivity contribution in [2.75, 3.05) is 46.4 Å². The summed E-state index contributed by atoms with van der Waals surface area (Å²) in [5.41, 5.74) is 0.994. The molecule has 0 bridgehead atoms. The van der Waals surface area contributed by atoms with E-state index in [4.69, 9.17) is 4.74 Å². The molecule has 2 fully saturated rings. The van der Waals surface area contributed by atoms with Gasteiger partial charge in [0.25, 0.3) is 0 Å². The van der Waals surface area contributed by atoms with Gasteiger partial charge in [-0.2, -0.15) is 0 Å². The number of benzene rings is 1. The van der Waals surface area contributed by atoms with Crippen molar-refractivity contribution in [1.82, 2.24) is 14.7 Å². The van der Waals surface area contributed by atoms with E-state index in [2.05, 4.69) is 9.80 Å². The van der Waals surface area contributed by atoms with Crippen LogP contribution in [0.15, 0.2) is 24.3 Å². The number of likely N-dealkylation sites (tertiary alicyclic amines) is 2. The van der Waals surface area contributed by atoms with Crippen LogP contribution < -0.4 is 4.74 Å². The Hall–Kier alpha value is -2.08. The smallest absolute Gasteiger partial charge is 0.227 e. The minimum atomic E-state index is -0.0165. The predicted octanol–water partition coefficient (Wildman–Crippen LogP) is 3.20. The van der Waals surface area contributed by atoms with Crippen molar-refractivity contribution in [3.8, 4) is 5.75 Å². The average Bonchev–Trinajstić information content (AvgIpc) is 3.30. The molecule has 6 nitrogen and oxygen atoms in total. The molecular weight excluding hydrogens is 390 g/mol. The van der Waals surface area contributed by atoms with Crippen molar-refractivity contribution in [3.63, 3.8) is 0 Å². The monoisotopic (exact) mass is 429 g/mol. The van der Waals surface area contributed by atoms with E-state index in [-0.39, 0.29) is 23.8 Å². The van der Waals surface area contributed by atoms with E-state index in [0.717, 1.165) is 50.2 Å². The van der Waals surface area contributed by atoms with E-state index < -0.39 is 0 Å². The fraction of sp³-hybridized carbons (Fsp3) is 0.680. The second-order valence-corrected chi connectivity index (χ2v) is 9.25. The normalized spacial score (nSPS) is 19.6. The number of piperidine rings is 1. The molecule has 2 amide bonds. The zero-order valence-corrected chi connectivity index (χ0v) is 19.5. The first kappa shape index (κ1) is 23.6. The van der Waals surface area contributed by atoms with E-state index in [9.17, 15) is 9.59 Å². The Kier molecular flexibility index (Phi) is 8.76. The van der Waals surface area contributed by atoms with Crippen LogP contribution in [-0.4, -0.2) is 78.9 Å². The molecule has 0 aromatic heterocycles. The minimum Gasteiger partial charge on any atom is -0.497 e. The molecule has 2 aliphatic rings. The van der Waals surface area contributed by atoms with Gasteiger partial charge in [0.2, 0.25) is 11.8 Å². The standard InChI is InChI=1S/C25H39N3O3/c1-20(2)25(30)28(17-7-15-26-13-4-5-14-26)22-8-6-16-27(19-22)24(29)18-21-9-11-23(31-3)12-10-21/h9-12,20,22H,4-8,13-19H2,1-3H3. The lowest BCUT2D eigenvalue weighted by Crippen LogP contribution is -2.53. The molecule has 1 aromatic carbocycles. The van der Waals surface area contributed by atoms with Crippen molar-refractivity contribution in [2.45, 2.75) is 58.4 Å². The highest BCUT2D eigenvalue weighted by molar-refractivity contribution is 5.80.